The number of hydrogen-bond donors (Lipinski definition) is 0. The monoisotopic (exact) mass is 582 g/mol. The summed E-state index contributed by atoms with van der Waals surface area (Å²) in [6, 6.07) is 14.3. The predicted octanol–water partition coefficient (Wildman–Crippen LogP) is 6.24. The third-order valence-electron chi connectivity index (χ3n) is 7.68. The Kier molecular flexibility index (Phi) is 16.3. The minimum atomic E-state index is 0. The maximum Gasteiger partial charge on any atom is 0.190 e. The van der Waals surface area contributed by atoms with Crippen molar-refractivity contribution in [2.75, 3.05) is 0 Å². The molecule has 0 aliphatic carbocycles. The minimum Gasteiger partial charge on any atom is -1.00 e. The van der Waals surface area contributed by atoms with Crippen molar-refractivity contribution in [2.24, 2.45) is 0 Å². The first kappa shape index (κ1) is 32.3. The van der Waals surface area contributed by atoms with Gasteiger partial charge in [0, 0.05) is 30.5 Å². The number of nitrogens with zero attached hydrogens (tertiary/aromatic N) is 2. The molecule has 0 saturated carbocycles. The van der Waals surface area contributed by atoms with E-state index in [1.807, 2.05) is 18.2 Å². The number of para-hydroxylation sites is 1. The van der Waals surface area contributed by atoms with E-state index in [9.17, 15) is 4.79 Å². The Labute approximate surface area is 242 Å². The molecule has 0 radical (unpaired) electrons. The van der Waals surface area contributed by atoms with E-state index in [4.69, 9.17) is 0 Å². The normalized spacial score (nSPS) is 11.1. The quantitative estimate of drug-likeness (QED) is 0.121. The molecule has 2 aromatic heterocycles. The van der Waals surface area contributed by atoms with Gasteiger partial charge in [-0.2, -0.15) is 0 Å². The van der Waals surface area contributed by atoms with Crippen molar-refractivity contribution in [3.63, 3.8) is 0 Å². The Balaban J connectivity index is 0.00000507. The fourth-order valence-electron chi connectivity index (χ4n) is 5.45. The second-order valence-corrected chi connectivity index (χ2v) is 10.8. The highest BCUT2D eigenvalue weighted by Crippen LogP contribution is 2.23. The summed E-state index contributed by atoms with van der Waals surface area (Å²) in [5.74, 6) is 0. The summed E-state index contributed by atoms with van der Waals surface area (Å²) in [5.41, 5.74) is 3.38. The van der Waals surface area contributed by atoms with Gasteiger partial charge in [0.25, 0.3) is 0 Å². The largest absolute Gasteiger partial charge is 1.00 e. The number of pyridine rings is 2. The first-order valence-corrected chi connectivity index (χ1v) is 15.4. The molecule has 38 heavy (non-hydrogen) atoms. The lowest BCUT2D eigenvalue weighted by atomic mass is 10.1. The zero-order valence-electron chi connectivity index (χ0n) is 24.1. The van der Waals surface area contributed by atoms with Gasteiger partial charge >= 0.3 is 0 Å². The number of hydrogen-bond acceptors (Lipinski definition) is 1. The maximum absolute atomic E-state index is 13.0. The number of halogens is 1. The molecule has 3 aromatic rings. The second kappa shape index (κ2) is 19.2. The van der Waals surface area contributed by atoms with E-state index in [0.717, 1.165) is 41.7 Å². The van der Waals surface area contributed by atoms with Crippen molar-refractivity contribution >= 4 is 10.9 Å². The first-order valence-electron chi connectivity index (χ1n) is 15.4. The van der Waals surface area contributed by atoms with Crippen LogP contribution in [0.5, 0.6) is 0 Å². The standard InChI is InChI=1S/C34H51N2O.BrH/c1-3-5-7-9-11-13-15-19-25-35-26-21-22-30(29-35)33-28-34(37)31-23-17-18-24-32(31)36(33)27-20-16-14-12-10-8-6-4-2;/h17-18,21-24,26,28-29H,3-16,19-20,25,27H2,1-2H3;1H/q+1;/p-1. The van der Waals surface area contributed by atoms with Gasteiger partial charge in [-0.25, -0.2) is 4.57 Å². The summed E-state index contributed by atoms with van der Waals surface area (Å²) < 4.78 is 4.70. The highest BCUT2D eigenvalue weighted by atomic mass is 79.9. The van der Waals surface area contributed by atoms with Crippen molar-refractivity contribution < 1.29 is 21.5 Å². The summed E-state index contributed by atoms with van der Waals surface area (Å²) in [4.78, 5) is 13.0. The molecule has 0 aliphatic heterocycles. The van der Waals surface area contributed by atoms with Gasteiger partial charge in [-0.1, -0.05) is 109 Å². The van der Waals surface area contributed by atoms with Crippen LogP contribution in [-0.4, -0.2) is 4.57 Å². The van der Waals surface area contributed by atoms with Crippen LogP contribution in [0.15, 0.2) is 59.7 Å². The molecule has 0 amide bonds. The Morgan fingerprint density at radius 2 is 1.26 bits per heavy atom. The molecule has 0 spiro atoms. The molecular formula is C34H51BrN2O. The smallest absolute Gasteiger partial charge is 0.190 e. The third-order valence-corrected chi connectivity index (χ3v) is 7.68. The van der Waals surface area contributed by atoms with Gasteiger partial charge in [0.05, 0.1) is 16.8 Å². The number of rotatable bonds is 19. The number of aryl methyl sites for hydroxylation is 2. The predicted molar refractivity (Wildman–Crippen MR) is 159 cm³/mol. The van der Waals surface area contributed by atoms with Gasteiger partial charge in [0.2, 0.25) is 0 Å². The van der Waals surface area contributed by atoms with E-state index in [-0.39, 0.29) is 22.4 Å². The second-order valence-electron chi connectivity index (χ2n) is 10.8. The van der Waals surface area contributed by atoms with Crippen LogP contribution in [0.4, 0.5) is 0 Å². The van der Waals surface area contributed by atoms with E-state index >= 15 is 0 Å². The number of unbranched alkanes of at least 4 members (excludes halogenated alkanes) is 14. The number of benzene rings is 1. The van der Waals surface area contributed by atoms with Crippen LogP contribution in [0, 0.1) is 0 Å². The minimum absolute atomic E-state index is 0. The summed E-state index contributed by atoms with van der Waals surface area (Å²) >= 11 is 0. The van der Waals surface area contributed by atoms with E-state index in [1.165, 1.54) is 96.3 Å². The summed E-state index contributed by atoms with van der Waals surface area (Å²) in [6.07, 6.45) is 25.6. The van der Waals surface area contributed by atoms with Crippen molar-refractivity contribution in [2.45, 2.75) is 130 Å². The van der Waals surface area contributed by atoms with Crippen LogP contribution in [0.25, 0.3) is 22.2 Å². The highest BCUT2D eigenvalue weighted by Gasteiger charge is 2.13. The van der Waals surface area contributed by atoms with Gasteiger partial charge in [0.1, 0.15) is 6.54 Å². The van der Waals surface area contributed by atoms with Gasteiger partial charge in [-0.3, -0.25) is 4.79 Å². The maximum atomic E-state index is 13.0. The SMILES string of the molecule is CCCCCCCCCCn1c(-c2ccc[n+](CCCCCCCCCC)c2)cc(=O)c2ccccc21.[Br-]. The molecule has 3 rings (SSSR count). The summed E-state index contributed by atoms with van der Waals surface area (Å²) in [6.45, 7) is 6.55. The molecule has 0 bridgehead atoms. The Morgan fingerprint density at radius 3 is 1.92 bits per heavy atom. The molecule has 0 unspecified atom stereocenters. The highest BCUT2D eigenvalue weighted by molar-refractivity contribution is 5.82. The molecule has 4 heteroatoms. The Hall–Kier alpha value is -1.94. The molecule has 2 heterocycles. The van der Waals surface area contributed by atoms with Crippen molar-refractivity contribution in [1.82, 2.24) is 4.57 Å². The van der Waals surface area contributed by atoms with Crippen molar-refractivity contribution in [3.05, 3.63) is 65.1 Å². The molecule has 0 fully saturated rings. The van der Waals surface area contributed by atoms with Crippen LogP contribution in [0.3, 0.4) is 0 Å². The average molecular weight is 584 g/mol. The molecule has 1 aromatic carbocycles. The average Bonchev–Trinajstić information content (AvgIpc) is 2.93. The van der Waals surface area contributed by atoms with Crippen LogP contribution in [0.2, 0.25) is 0 Å². The molecule has 210 valence electrons. The zero-order valence-corrected chi connectivity index (χ0v) is 25.7. The molecular weight excluding hydrogens is 532 g/mol. The van der Waals surface area contributed by atoms with Gasteiger partial charge in [-0.15, -0.1) is 0 Å². The molecule has 0 atom stereocenters. The lowest BCUT2D eigenvalue weighted by molar-refractivity contribution is -0.696. The summed E-state index contributed by atoms with van der Waals surface area (Å²) in [5, 5.41) is 0.827. The molecule has 0 N–H and O–H groups in total. The Morgan fingerprint density at radius 1 is 0.684 bits per heavy atom. The van der Waals surface area contributed by atoms with Gasteiger partial charge < -0.3 is 21.5 Å². The lowest BCUT2D eigenvalue weighted by Gasteiger charge is -2.17. The topological polar surface area (TPSA) is 25.9 Å². The lowest BCUT2D eigenvalue weighted by Crippen LogP contribution is -3.00. The van der Waals surface area contributed by atoms with E-state index in [0.29, 0.717) is 0 Å². The van der Waals surface area contributed by atoms with Crippen molar-refractivity contribution in [1.29, 1.82) is 0 Å². The van der Waals surface area contributed by atoms with E-state index in [1.54, 1.807) is 0 Å². The zero-order chi connectivity index (χ0) is 26.1. The van der Waals surface area contributed by atoms with Gasteiger partial charge in [-0.05, 0) is 31.0 Å². The first-order chi connectivity index (χ1) is 18.2. The third kappa shape index (κ3) is 10.7. The van der Waals surface area contributed by atoms with E-state index < -0.39 is 0 Å². The van der Waals surface area contributed by atoms with Crippen LogP contribution in [0.1, 0.15) is 117 Å². The fraction of sp³-hybridized carbons (Fsp3) is 0.588. The summed E-state index contributed by atoms with van der Waals surface area (Å²) in [7, 11) is 0. The molecule has 0 saturated heterocycles. The van der Waals surface area contributed by atoms with Crippen LogP contribution >= 0.6 is 0 Å². The molecule has 3 nitrogen and oxygen atoms in total. The fourth-order valence-corrected chi connectivity index (χ4v) is 5.45. The Bertz CT molecular complexity index is 1110. The van der Waals surface area contributed by atoms with Crippen LogP contribution in [-0.2, 0) is 13.1 Å². The number of fused-ring (bicyclic) bond motifs is 1. The van der Waals surface area contributed by atoms with Gasteiger partial charge in [0.15, 0.2) is 17.8 Å². The van der Waals surface area contributed by atoms with Crippen LogP contribution < -0.4 is 27.0 Å². The van der Waals surface area contributed by atoms with E-state index in [2.05, 4.69) is 59.6 Å². The number of aromatic nitrogens is 2. The molecule has 0 aliphatic rings. The van der Waals surface area contributed by atoms with Crippen molar-refractivity contribution in [3.8, 4) is 11.3 Å².